The van der Waals surface area contributed by atoms with Crippen LogP contribution < -0.4 is 5.32 Å². The molecule has 1 aliphatic heterocycles. The molecule has 0 saturated heterocycles. The monoisotopic (exact) mass is 398 g/mol. The van der Waals surface area contributed by atoms with Crippen molar-refractivity contribution in [3.63, 3.8) is 0 Å². The lowest BCUT2D eigenvalue weighted by molar-refractivity contribution is 0.190. The molecular weight excluding hydrogens is 375 g/mol. The van der Waals surface area contributed by atoms with Gasteiger partial charge in [0.25, 0.3) is 5.89 Å². The minimum absolute atomic E-state index is 0.0864. The van der Waals surface area contributed by atoms with Crippen LogP contribution in [0.1, 0.15) is 25.1 Å². The van der Waals surface area contributed by atoms with Crippen LogP contribution in [-0.2, 0) is 20.0 Å². The number of benzene rings is 1. The first-order valence-corrected chi connectivity index (χ1v) is 9.60. The van der Waals surface area contributed by atoms with E-state index in [4.69, 9.17) is 4.52 Å². The molecule has 0 saturated carbocycles. The number of aryl methyl sites for hydroxylation is 1. The lowest BCUT2D eigenvalue weighted by atomic mass is 10.1. The van der Waals surface area contributed by atoms with Gasteiger partial charge in [-0.15, -0.1) is 0 Å². The molecule has 29 heavy (non-hydrogen) atoms. The van der Waals surface area contributed by atoms with Crippen LogP contribution in [0.5, 0.6) is 0 Å². The van der Waals surface area contributed by atoms with Crippen LogP contribution >= 0.6 is 0 Å². The van der Waals surface area contributed by atoms with Crippen LogP contribution in [0, 0.1) is 11.7 Å². The summed E-state index contributed by atoms with van der Waals surface area (Å²) in [5, 5.41) is 11.5. The van der Waals surface area contributed by atoms with Gasteiger partial charge in [-0.3, -0.25) is 4.68 Å². The average Bonchev–Trinajstić information content (AvgIpc) is 3.31. The molecule has 0 bridgehead atoms. The van der Waals surface area contributed by atoms with E-state index < -0.39 is 0 Å². The van der Waals surface area contributed by atoms with Crippen molar-refractivity contribution < 1.29 is 13.7 Å². The molecule has 0 fully saturated rings. The fourth-order valence-electron chi connectivity index (χ4n) is 3.38. The van der Waals surface area contributed by atoms with Gasteiger partial charge in [0.05, 0.1) is 6.54 Å². The molecule has 3 aromatic rings. The van der Waals surface area contributed by atoms with Gasteiger partial charge >= 0.3 is 6.03 Å². The Morgan fingerprint density at radius 1 is 1.31 bits per heavy atom. The summed E-state index contributed by atoms with van der Waals surface area (Å²) in [6, 6.07) is 5.80. The number of fused-ring (bicyclic) bond motifs is 1. The minimum atomic E-state index is -0.327. The molecule has 0 atom stereocenters. The van der Waals surface area contributed by atoms with Gasteiger partial charge in [-0.25, -0.2) is 9.18 Å². The smallest absolute Gasteiger partial charge is 0.317 e. The van der Waals surface area contributed by atoms with E-state index in [2.05, 4.69) is 34.4 Å². The molecule has 1 aliphatic rings. The van der Waals surface area contributed by atoms with Crippen LogP contribution in [0.3, 0.4) is 0 Å². The fourth-order valence-corrected chi connectivity index (χ4v) is 3.38. The molecule has 1 N–H and O–H groups in total. The molecule has 4 rings (SSSR count). The maximum absolute atomic E-state index is 13.2. The third-order valence-corrected chi connectivity index (χ3v) is 4.92. The number of urea groups is 1. The summed E-state index contributed by atoms with van der Waals surface area (Å²) in [4.78, 5) is 18.7. The summed E-state index contributed by atoms with van der Waals surface area (Å²) in [6.07, 6.45) is 0.701. The highest BCUT2D eigenvalue weighted by Crippen LogP contribution is 2.30. The first-order valence-electron chi connectivity index (χ1n) is 9.60. The number of aromatic nitrogens is 4. The topological polar surface area (TPSA) is 89.1 Å². The van der Waals surface area contributed by atoms with Crippen LogP contribution in [0.15, 0.2) is 28.8 Å². The number of halogens is 1. The number of hydrogen-bond donors (Lipinski definition) is 1. The second kappa shape index (κ2) is 7.65. The molecule has 0 unspecified atom stereocenters. The number of amides is 2. The van der Waals surface area contributed by atoms with E-state index in [9.17, 15) is 9.18 Å². The van der Waals surface area contributed by atoms with Crippen molar-refractivity contribution in [1.29, 1.82) is 0 Å². The second-order valence-electron chi connectivity index (χ2n) is 7.58. The average molecular weight is 398 g/mol. The van der Waals surface area contributed by atoms with Gasteiger partial charge < -0.3 is 14.7 Å². The van der Waals surface area contributed by atoms with Gasteiger partial charge in [0.1, 0.15) is 5.82 Å². The van der Waals surface area contributed by atoms with E-state index >= 15 is 0 Å². The number of carbonyl (C=O) groups is 1. The summed E-state index contributed by atoms with van der Waals surface area (Å²) in [7, 11) is 1.87. The Balaban J connectivity index is 1.59. The van der Waals surface area contributed by atoms with Crippen molar-refractivity contribution in [3.8, 4) is 23.0 Å². The molecular formula is C20H23FN6O2. The highest BCUT2D eigenvalue weighted by atomic mass is 19.1. The number of rotatable bonds is 4. The van der Waals surface area contributed by atoms with E-state index in [0.717, 1.165) is 11.3 Å². The largest absolute Gasteiger partial charge is 0.338 e. The molecule has 152 valence electrons. The van der Waals surface area contributed by atoms with E-state index in [0.29, 0.717) is 49.1 Å². The van der Waals surface area contributed by atoms with Crippen LogP contribution in [0.25, 0.3) is 23.0 Å². The van der Waals surface area contributed by atoms with Gasteiger partial charge in [0.15, 0.2) is 5.69 Å². The van der Waals surface area contributed by atoms with Crippen LogP contribution in [0.4, 0.5) is 9.18 Å². The highest BCUT2D eigenvalue weighted by molar-refractivity contribution is 5.75. The van der Waals surface area contributed by atoms with Crippen molar-refractivity contribution in [3.05, 3.63) is 41.3 Å². The number of carbonyl (C=O) groups excluding carboxylic acids is 1. The normalized spacial score (nSPS) is 13.6. The Labute approximate surface area is 167 Å². The van der Waals surface area contributed by atoms with E-state index in [1.54, 1.807) is 21.7 Å². The summed E-state index contributed by atoms with van der Waals surface area (Å²) in [5.41, 5.74) is 3.19. The Kier molecular flexibility index (Phi) is 5.04. The highest BCUT2D eigenvalue weighted by Gasteiger charge is 2.29. The molecule has 2 amide bonds. The van der Waals surface area contributed by atoms with Crippen molar-refractivity contribution >= 4 is 6.03 Å². The SMILES string of the molecule is CC(C)CNC(=O)N1CCc2c(c(-c3nc(-c4ccc(F)cc4)no3)nn2C)C1. The third kappa shape index (κ3) is 3.85. The number of nitrogens with zero attached hydrogens (tertiary/aromatic N) is 5. The maximum atomic E-state index is 13.2. The lowest BCUT2D eigenvalue weighted by Crippen LogP contribution is -2.44. The van der Waals surface area contributed by atoms with E-state index in [1.807, 2.05) is 7.05 Å². The Morgan fingerprint density at radius 2 is 2.07 bits per heavy atom. The van der Waals surface area contributed by atoms with E-state index in [-0.39, 0.29) is 17.7 Å². The predicted octanol–water partition coefficient (Wildman–Crippen LogP) is 3.00. The Bertz CT molecular complexity index is 1020. The molecule has 0 spiro atoms. The van der Waals surface area contributed by atoms with Crippen molar-refractivity contribution in [2.75, 3.05) is 13.1 Å². The first kappa shape index (κ1) is 19.1. The summed E-state index contributed by atoms with van der Waals surface area (Å²) < 4.78 is 20.4. The molecule has 0 radical (unpaired) electrons. The van der Waals surface area contributed by atoms with Crippen molar-refractivity contribution in [2.45, 2.75) is 26.8 Å². The third-order valence-electron chi connectivity index (χ3n) is 4.92. The zero-order valence-corrected chi connectivity index (χ0v) is 16.6. The van der Waals surface area contributed by atoms with Crippen LogP contribution in [-0.4, -0.2) is 43.9 Å². The van der Waals surface area contributed by atoms with Gasteiger partial charge in [-0.1, -0.05) is 19.0 Å². The molecule has 0 aliphatic carbocycles. The van der Waals surface area contributed by atoms with Crippen molar-refractivity contribution in [2.24, 2.45) is 13.0 Å². The zero-order chi connectivity index (χ0) is 20.5. The lowest BCUT2D eigenvalue weighted by Gasteiger charge is -2.28. The maximum Gasteiger partial charge on any atom is 0.317 e. The molecule has 8 nitrogen and oxygen atoms in total. The van der Waals surface area contributed by atoms with Crippen molar-refractivity contribution in [1.82, 2.24) is 30.1 Å². The summed E-state index contributed by atoms with van der Waals surface area (Å²) >= 11 is 0. The fraction of sp³-hybridized carbons (Fsp3) is 0.400. The van der Waals surface area contributed by atoms with Gasteiger partial charge in [-0.05, 0) is 30.2 Å². The summed E-state index contributed by atoms with van der Waals surface area (Å²) in [5.74, 6) is 0.705. The molecule has 1 aromatic carbocycles. The van der Waals surface area contributed by atoms with E-state index in [1.165, 1.54) is 12.1 Å². The number of nitrogens with one attached hydrogen (secondary N) is 1. The molecule has 9 heteroatoms. The van der Waals surface area contributed by atoms with Gasteiger partial charge in [0.2, 0.25) is 5.82 Å². The second-order valence-corrected chi connectivity index (χ2v) is 7.58. The zero-order valence-electron chi connectivity index (χ0n) is 16.6. The summed E-state index contributed by atoms with van der Waals surface area (Å²) in [6.45, 7) is 5.80. The standard InChI is InChI=1S/C20H23FN6O2/c1-12(2)10-22-20(28)27-9-8-16-15(11-27)17(24-26(16)3)19-23-18(25-29-19)13-4-6-14(21)7-5-13/h4-7,12H,8-11H2,1-3H3,(H,22,28). The molecule has 2 aromatic heterocycles. The quantitative estimate of drug-likeness (QED) is 0.730. The minimum Gasteiger partial charge on any atom is -0.338 e. The van der Waals surface area contributed by atoms with Crippen LogP contribution in [0.2, 0.25) is 0 Å². The molecule has 3 heterocycles. The Hall–Kier alpha value is -3.23. The van der Waals surface area contributed by atoms with Gasteiger partial charge in [-0.2, -0.15) is 10.1 Å². The van der Waals surface area contributed by atoms with Gasteiger partial charge in [0, 0.05) is 43.4 Å². The first-order chi connectivity index (χ1) is 13.9. The predicted molar refractivity (Wildman–Crippen MR) is 104 cm³/mol. The number of hydrogen-bond acceptors (Lipinski definition) is 5. The Morgan fingerprint density at radius 3 is 2.79 bits per heavy atom.